The van der Waals surface area contributed by atoms with Crippen LogP contribution in [0.5, 0.6) is 0 Å². The molecule has 166 valence electrons. The maximum atomic E-state index is 13.3. The van der Waals surface area contributed by atoms with E-state index in [-0.39, 0.29) is 11.9 Å². The van der Waals surface area contributed by atoms with Gasteiger partial charge in [0.1, 0.15) is 11.6 Å². The summed E-state index contributed by atoms with van der Waals surface area (Å²) in [6.07, 6.45) is 4.62. The monoisotopic (exact) mass is 430 g/mol. The number of rotatable bonds is 4. The number of aromatic nitrogens is 3. The van der Waals surface area contributed by atoms with Gasteiger partial charge in [0.05, 0.1) is 0 Å². The Labute approximate surface area is 189 Å². The number of benzene rings is 2. The summed E-state index contributed by atoms with van der Waals surface area (Å²) >= 11 is 0. The first-order valence-electron chi connectivity index (χ1n) is 11.7. The highest BCUT2D eigenvalue weighted by Crippen LogP contribution is 2.28. The van der Waals surface area contributed by atoms with Gasteiger partial charge in [-0.15, -0.1) is 10.2 Å². The van der Waals surface area contributed by atoms with Crippen molar-refractivity contribution < 1.29 is 9.53 Å². The molecule has 0 aliphatic carbocycles. The Morgan fingerprint density at radius 1 is 1.03 bits per heavy atom. The van der Waals surface area contributed by atoms with Gasteiger partial charge in [0, 0.05) is 43.7 Å². The van der Waals surface area contributed by atoms with Gasteiger partial charge in [-0.2, -0.15) is 0 Å². The van der Waals surface area contributed by atoms with Gasteiger partial charge in [0.2, 0.25) is 0 Å². The second kappa shape index (κ2) is 9.25. The van der Waals surface area contributed by atoms with Gasteiger partial charge in [-0.05, 0) is 49.8 Å². The minimum Gasteiger partial charge on any atom is -0.381 e. The Balaban J connectivity index is 1.30. The maximum Gasteiger partial charge on any atom is 0.252 e. The molecule has 6 heteroatoms. The lowest BCUT2D eigenvalue weighted by atomic mass is 9.97. The number of fused-ring (bicyclic) bond motifs is 1. The second-order valence-corrected chi connectivity index (χ2v) is 8.93. The molecule has 6 nitrogen and oxygen atoms in total. The molecule has 1 N–H and O–H groups in total. The van der Waals surface area contributed by atoms with Crippen LogP contribution >= 0.6 is 0 Å². The predicted octanol–water partition coefficient (Wildman–Crippen LogP) is 4.28. The molecule has 1 saturated heterocycles. The van der Waals surface area contributed by atoms with Gasteiger partial charge in [0.25, 0.3) is 5.91 Å². The zero-order valence-corrected chi connectivity index (χ0v) is 18.6. The fourth-order valence-electron chi connectivity index (χ4n) is 4.92. The minimum atomic E-state index is -0.00516. The summed E-state index contributed by atoms with van der Waals surface area (Å²) in [4.78, 5) is 13.3. The fourth-order valence-corrected chi connectivity index (χ4v) is 4.92. The van der Waals surface area contributed by atoms with E-state index >= 15 is 0 Å². The van der Waals surface area contributed by atoms with Crippen LogP contribution in [0.15, 0.2) is 48.5 Å². The van der Waals surface area contributed by atoms with Crippen LogP contribution in [0, 0.1) is 6.92 Å². The molecule has 1 fully saturated rings. The first-order valence-corrected chi connectivity index (χ1v) is 11.7. The first kappa shape index (κ1) is 20.9. The van der Waals surface area contributed by atoms with E-state index in [1.807, 2.05) is 30.3 Å². The number of hydrogen-bond acceptors (Lipinski definition) is 4. The molecule has 0 bridgehead atoms. The third kappa shape index (κ3) is 4.32. The van der Waals surface area contributed by atoms with E-state index in [1.165, 1.54) is 5.56 Å². The molecule has 1 atom stereocenters. The number of carbonyl (C=O) groups excluding carboxylic acids is 1. The molecule has 3 aromatic rings. The second-order valence-electron chi connectivity index (χ2n) is 8.93. The van der Waals surface area contributed by atoms with Crippen molar-refractivity contribution in [3.63, 3.8) is 0 Å². The molecule has 0 radical (unpaired) electrons. The zero-order chi connectivity index (χ0) is 21.9. The topological polar surface area (TPSA) is 69.0 Å². The molecule has 2 aliphatic rings. The fraction of sp³-hybridized carbons (Fsp3) is 0.423. The first-order chi connectivity index (χ1) is 15.7. The number of nitrogens with one attached hydrogen (secondary N) is 1. The van der Waals surface area contributed by atoms with Crippen molar-refractivity contribution in [1.29, 1.82) is 0 Å². The highest BCUT2D eigenvalue weighted by molar-refractivity contribution is 6.01. The molecule has 3 heterocycles. The summed E-state index contributed by atoms with van der Waals surface area (Å²) in [6.45, 7) is 4.52. The van der Waals surface area contributed by atoms with E-state index in [2.05, 4.69) is 45.2 Å². The van der Waals surface area contributed by atoms with Crippen LogP contribution in [0.25, 0.3) is 11.1 Å². The summed E-state index contributed by atoms with van der Waals surface area (Å²) in [5.74, 6) is 2.57. The third-order valence-electron chi connectivity index (χ3n) is 6.70. The van der Waals surface area contributed by atoms with E-state index in [1.54, 1.807) is 0 Å². The van der Waals surface area contributed by atoms with Crippen molar-refractivity contribution in [2.75, 3.05) is 13.2 Å². The molecule has 0 saturated carbocycles. The van der Waals surface area contributed by atoms with Gasteiger partial charge in [-0.25, -0.2) is 0 Å². The number of amides is 1. The van der Waals surface area contributed by atoms with Crippen molar-refractivity contribution >= 4 is 5.91 Å². The van der Waals surface area contributed by atoms with Crippen molar-refractivity contribution in [2.45, 2.75) is 57.5 Å². The Morgan fingerprint density at radius 2 is 1.88 bits per heavy atom. The number of ether oxygens (including phenoxy) is 1. The Morgan fingerprint density at radius 3 is 2.72 bits per heavy atom. The number of carbonyl (C=O) groups is 1. The van der Waals surface area contributed by atoms with Crippen LogP contribution in [0.2, 0.25) is 0 Å². The van der Waals surface area contributed by atoms with Crippen molar-refractivity contribution in [3.05, 3.63) is 71.3 Å². The summed E-state index contributed by atoms with van der Waals surface area (Å²) < 4.78 is 7.81. The lowest BCUT2D eigenvalue weighted by molar-refractivity contribution is 0.0826. The normalized spacial score (nSPS) is 19.2. The molecule has 2 aliphatic heterocycles. The number of aryl methyl sites for hydroxylation is 2. The summed E-state index contributed by atoms with van der Waals surface area (Å²) in [7, 11) is 0. The summed E-state index contributed by atoms with van der Waals surface area (Å²) in [5, 5.41) is 12.3. The molecule has 2 aromatic carbocycles. The minimum absolute atomic E-state index is 0.00516. The average Bonchev–Trinajstić information content (AvgIpc) is 3.14. The Hall–Kier alpha value is -2.99. The van der Waals surface area contributed by atoms with Gasteiger partial charge in [-0.1, -0.05) is 48.0 Å². The lowest BCUT2D eigenvalue weighted by Crippen LogP contribution is -2.35. The third-order valence-corrected chi connectivity index (χ3v) is 6.70. The van der Waals surface area contributed by atoms with Gasteiger partial charge >= 0.3 is 0 Å². The average molecular weight is 431 g/mol. The van der Waals surface area contributed by atoms with Crippen LogP contribution in [-0.2, 0) is 17.7 Å². The van der Waals surface area contributed by atoms with Crippen LogP contribution in [0.4, 0.5) is 0 Å². The predicted molar refractivity (Wildman–Crippen MR) is 124 cm³/mol. The molecular formula is C26H30N4O2. The highest BCUT2D eigenvalue weighted by atomic mass is 16.5. The SMILES string of the molecule is Cc1cccc(-c2ccccc2C(=O)NC2CCc3nnc(C4CCOCC4)n3CC2)c1. The van der Waals surface area contributed by atoms with Crippen molar-refractivity contribution in [2.24, 2.45) is 0 Å². The number of hydrogen-bond donors (Lipinski definition) is 1. The molecule has 1 amide bonds. The molecule has 1 unspecified atom stereocenters. The summed E-state index contributed by atoms with van der Waals surface area (Å²) in [6, 6.07) is 16.3. The van der Waals surface area contributed by atoms with Crippen LogP contribution in [0.1, 0.15) is 59.2 Å². The van der Waals surface area contributed by atoms with Gasteiger partial charge in [-0.3, -0.25) is 4.79 Å². The van der Waals surface area contributed by atoms with Gasteiger partial charge < -0.3 is 14.6 Å². The number of nitrogens with zero attached hydrogens (tertiary/aromatic N) is 3. The molecule has 0 spiro atoms. The molecule has 1 aromatic heterocycles. The Kier molecular flexibility index (Phi) is 6.04. The van der Waals surface area contributed by atoms with Crippen LogP contribution in [-0.4, -0.2) is 39.9 Å². The molecular weight excluding hydrogens is 400 g/mol. The van der Waals surface area contributed by atoms with E-state index in [0.29, 0.717) is 5.92 Å². The van der Waals surface area contributed by atoms with Gasteiger partial charge in [0.15, 0.2) is 0 Å². The van der Waals surface area contributed by atoms with E-state index in [9.17, 15) is 4.79 Å². The lowest BCUT2D eigenvalue weighted by Gasteiger charge is -2.22. The summed E-state index contributed by atoms with van der Waals surface area (Å²) in [5.41, 5.74) is 3.96. The largest absolute Gasteiger partial charge is 0.381 e. The van der Waals surface area contributed by atoms with E-state index in [4.69, 9.17) is 4.74 Å². The van der Waals surface area contributed by atoms with E-state index in [0.717, 1.165) is 80.2 Å². The standard InChI is InChI=1S/C26H30N4O2/c1-18-5-4-6-20(17-18)22-7-2-3-8-23(22)26(31)27-21-9-10-24-28-29-25(30(24)14-11-21)19-12-15-32-16-13-19/h2-8,17,19,21H,9-16H2,1H3,(H,27,31). The zero-order valence-electron chi connectivity index (χ0n) is 18.6. The quantitative estimate of drug-likeness (QED) is 0.671. The maximum absolute atomic E-state index is 13.3. The Bertz CT molecular complexity index is 1100. The highest BCUT2D eigenvalue weighted by Gasteiger charge is 2.27. The smallest absolute Gasteiger partial charge is 0.252 e. The molecule has 32 heavy (non-hydrogen) atoms. The van der Waals surface area contributed by atoms with Crippen LogP contribution < -0.4 is 5.32 Å². The van der Waals surface area contributed by atoms with Crippen molar-refractivity contribution in [3.8, 4) is 11.1 Å². The molecule has 5 rings (SSSR count). The van der Waals surface area contributed by atoms with E-state index < -0.39 is 0 Å². The van der Waals surface area contributed by atoms with Crippen molar-refractivity contribution in [1.82, 2.24) is 20.1 Å². The van der Waals surface area contributed by atoms with Crippen LogP contribution in [0.3, 0.4) is 0 Å².